The van der Waals surface area contributed by atoms with Crippen LogP contribution in [0.5, 0.6) is 0 Å². The highest BCUT2D eigenvalue weighted by molar-refractivity contribution is 5.85. The van der Waals surface area contributed by atoms with Gasteiger partial charge in [0.2, 0.25) is 6.33 Å². The van der Waals surface area contributed by atoms with Crippen LogP contribution < -0.4 is 4.57 Å². The van der Waals surface area contributed by atoms with E-state index in [4.69, 9.17) is 4.74 Å². The molecule has 4 aromatic rings. The second kappa shape index (κ2) is 7.74. The SMILES string of the molecule is c1ccc2c(C[n+]3cn(CCN4CCOCC4)c4ccccc43)cccc2c1. The van der Waals surface area contributed by atoms with E-state index in [-0.39, 0.29) is 0 Å². The number of benzene rings is 3. The zero-order valence-electron chi connectivity index (χ0n) is 16.1. The van der Waals surface area contributed by atoms with Gasteiger partial charge in [-0.2, -0.15) is 0 Å². The number of imidazole rings is 1. The van der Waals surface area contributed by atoms with Crippen LogP contribution in [-0.4, -0.2) is 42.3 Å². The number of fused-ring (bicyclic) bond motifs is 2. The summed E-state index contributed by atoms with van der Waals surface area (Å²) in [7, 11) is 0. The molecule has 1 aliphatic rings. The van der Waals surface area contributed by atoms with Crippen molar-refractivity contribution < 1.29 is 9.30 Å². The van der Waals surface area contributed by atoms with Crippen LogP contribution >= 0.6 is 0 Å². The first-order valence-corrected chi connectivity index (χ1v) is 10.1. The number of hydrogen-bond donors (Lipinski definition) is 0. The Morgan fingerprint density at radius 3 is 2.54 bits per heavy atom. The van der Waals surface area contributed by atoms with Crippen LogP contribution in [0.1, 0.15) is 5.56 Å². The highest BCUT2D eigenvalue weighted by atomic mass is 16.5. The van der Waals surface area contributed by atoms with E-state index in [9.17, 15) is 0 Å². The molecule has 0 radical (unpaired) electrons. The van der Waals surface area contributed by atoms with Gasteiger partial charge in [-0.25, -0.2) is 9.13 Å². The van der Waals surface area contributed by atoms with Crippen molar-refractivity contribution in [1.29, 1.82) is 0 Å². The Bertz CT molecular complexity index is 1090. The average molecular weight is 372 g/mol. The Balaban J connectivity index is 1.46. The molecule has 4 heteroatoms. The Kier molecular flexibility index (Phi) is 4.81. The summed E-state index contributed by atoms with van der Waals surface area (Å²) in [5.74, 6) is 0. The molecule has 2 heterocycles. The van der Waals surface area contributed by atoms with E-state index in [1.165, 1.54) is 27.4 Å². The van der Waals surface area contributed by atoms with Gasteiger partial charge in [0.1, 0.15) is 13.1 Å². The molecule has 0 aliphatic carbocycles. The molecule has 1 aromatic heterocycles. The first-order valence-electron chi connectivity index (χ1n) is 10.1. The fraction of sp³-hybridized carbons (Fsp3) is 0.292. The molecule has 142 valence electrons. The van der Waals surface area contributed by atoms with Crippen LogP contribution in [0.3, 0.4) is 0 Å². The van der Waals surface area contributed by atoms with Crippen LogP contribution in [0.2, 0.25) is 0 Å². The summed E-state index contributed by atoms with van der Waals surface area (Å²) in [5.41, 5.74) is 3.95. The van der Waals surface area contributed by atoms with Crippen LogP contribution in [-0.2, 0) is 17.8 Å². The Morgan fingerprint density at radius 1 is 0.821 bits per heavy atom. The van der Waals surface area contributed by atoms with E-state index in [1.54, 1.807) is 0 Å². The maximum atomic E-state index is 5.48. The van der Waals surface area contributed by atoms with Crippen molar-refractivity contribution in [2.45, 2.75) is 13.1 Å². The molecule has 0 saturated carbocycles. The van der Waals surface area contributed by atoms with E-state index in [2.05, 4.69) is 87.1 Å². The van der Waals surface area contributed by atoms with Crippen molar-refractivity contribution in [2.24, 2.45) is 0 Å². The van der Waals surface area contributed by atoms with Gasteiger partial charge in [0.25, 0.3) is 0 Å². The van der Waals surface area contributed by atoms with E-state index in [0.29, 0.717) is 0 Å². The molecule has 0 unspecified atom stereocenters. The molecule has 0 N–H and O–H groups in total. The molecule has 4 nitrogen and oxygen atoms in total. The summed E-state index contributed by atoms with van der Waals surface area (Å²) >= 11 is 0. The molecule has 0 atom stereocenters. The third kappa shape index (κ3) is 3.41. The van der Waals surface area contributed by atoms with E-state index >= 15 is 0 Å². The van der Waals surface area contributed by atoms with Gasteiger partial charge in [-0.1, -0.05) is 54.6 Å². The second-order valence-corrected chi connectivity index (χ2v) is 7.52. The van der Waals surface area contributed by atoms with Gasteiger partial charge >= 0.3 is 0 Å². The molecule has 1 aliphatic heterocycles. The smallest absolute Gasteiger partial charge is 0.245 e. The molecule has 5 rings (SSSR count). The lowest BCUT2D eigenvalue weighted by Crippen LogP contribution is -2.38. The summed E-state index contributed by atoms with van der Waals surface area (Å²) in [5, 5.41) is 2.64. The molecular formula is C24H26N3O+. The summed E-state index contributed by atoms with van der Waals surface area (Å²) in [6, 6.07) is 24.0. The molecular weight excluding hydrogens is 346 g/mol. The number of nitrogens with zero attached hydrogens (tertiary/aromatic N) is 3. The van der Waals surface area contributed by atoms with Gasteiger partial charge in [0, 0.05) is 25.2 Å². The number of morpholine rings is 1. The minimum atomic E-state index is 0.855. The number of rotatable bonds is 5. The van der Waals surface area contributed by atoms with Crippen molar-refractivity contribution in [1.82, 2.24) is 9.47 Å². The Labute approximate surface area is 165 Å². The molecule has 0 amide bonds. The van der Waals surface area contributed by atoms with Crippen LogP contribution in [0.4, 0.5) is 0 Å². The number of aromatic nitrogens is 2. The predicted molar refractivity (Wildman–Crippen MR) is 112 cm³/mol. The lowest BCUT2D eigenvalue weighted by Gasteiger charge is -2.25. The molecule has 0 spiro atoms. The maximum Gasteiger partial charge on any atom is 0.245 e. The van der Waals surface area contributed by atoms with Gasteiger partial charge in [-0.15, -0.1) is 0 Å². The zero-order chi connectivity index (χ0) is 18.8. The zero-order valence-corrected chi connectivity index (χ0v) is 16.1. The highest BCUT2D eigenvalue weighted by Gasteiger charge is 2.18. The normalized spacial score (nSPS) is 15.4. The number of ether oxygens (including phenoxy) is 1. The van der Waals surface area contributed by atoms with Crippen molar-refractivity contribution in [2.75, 3.05) is 32.8 Å². The van der Waals surface area contributed by atoms with Crippen LogP contribution in [0.25, 0.3) is 21.8 Å². The largest absolute Gasteiger partial charge is 0.379 e. The molecule has 1 saturated heterocycles. The van der Waals surface area contributed by atoms with Crippen molar-refractivity contribution in [3.8, 4) is 0 Å². The minimum absolute atomic E-state index is 0.855. The number of hydrogen-bond acceptors (Lipinski definition) is 2. The maximum absolute atomic E-state index is 5.48. The van der Waals surface area contributed by atoms with Gasteiger partial charge < -0.3 is 4.74 Å². The van der Waals surface area contributed by atoms with E-state index in [0.717, 1.165) is 45.9 Å². The highest BCUT2D eigenvalue weighted by Crippen LogP contribution is 2.19. The van der Waals surface area contributed by atoms with Crippen molar-refractivity contribution in [3.05, 3.63) is 78.6 Å². The lowest BCUT2D eigenvalue weighted by atomic mass is 10.0. The van der Waals surface area contributed by atoms with E-state index in [1.807, 2.05) is 0 Å². The lowest BCUT2D eigenvalue weighted by molar-refractivity contribution is -0.663. The predicted octanol–water partition coefficient (Wildman–Crippen LogP) is 3.46. The summed E-state index contributed by atoms with van der Waals surface area (Å²) in [6.45, 7) is 6.73. The fourth-order valence-electron chi connectivity index (χ4n) is 4.23. The monoisotopic (exact) mass is 372 g/mol. The topological polar surface area (TPSA) is 21.3 Å². The molecule has 28 heavy (non-hydrogen) atoms. The second-order valence-electron chi connectivity index (χ2n) is 7.52. The summed E-state index contributed by atoms with van der Waals surface area (Å²) in [6.07, 6.45) is 2.28. The van der Waals surface area contributed by atoms with Gasteiger partial charge in [-0.3, -0.25) is 4.90 Å². The molecule has 3 aromatic carbocycles. The number of para-hydroxylation sites is 2. The van der Waals surface area contributed by atoms with Crippen molar-refractivity contribution in [3.63, 3.8) is 0 Å². The van der Waals surface area contributed by atoms with Gasteiger partial charge in [-0.05, 0) is 22.9 Å². The minimum Gasteiger partial charge on any atom is -0.379 e. The van der Waals surface area contributed by atoms with Crippen LogP contribution in [0, 0.1) is 0 Å². The quantitative estimate of drug-likeness (QED) is 0.500. The third-order valence-electron chi connectivity index (χ3n) is 5.76. The molecule has 0 bridgehead atoms. The van der Waals surface area contributed by atoms with Crippen molar-refractivity contribution >= 4 is 21.8 Å². The standard InChI is InChI=1S/C24H26N3O/c1-2-9-22-20(6-1)7-5-8-21(22)18-27-19-26(23-10-3-4-11-24(23)27)13-12-25-14-16-28-17-15-25/h1-11,19H,12-18H2/q+1. The Hall–Kier alpha value is -2.69. The van der Waals surface area contributed by atoms with E-state index < -0.39 is 0 Å². The Morgan fingerprint density at radius 2 is 1.61 bits per heavy atom. The average Bonchev–Trinajstić information content (AvgIpc) is 3.11. The first-order chi connectivity index (χ1) is 13.9. The summed E-state index contributed by atoms with van der Waals surface area (Å²) in [4.78, 5) is 2.49. The fourth-order valence-corrected chi connectivity index (χ4v) is 4.23. The van der Waals surface area contributed by atoms with Gasteiger partial charge in [0.05, 0.1) is 13.2 Å². The summed E-state index contributed by atoms with van der Waals surface area (Å²) < 4.78 is 10.3. The molecule has 1 fully saturated rings. The van der Waals surface area contributed by atoms with Crippen LogP contribution in [0.15, 0.2) is 73.1 Å². The third-order valence-corrected chi connectivity index (χ3v) is 5.76. The van der Waals surface area contributed by atoms with Gasteiger partial charge in [0.15, 0.2) is 11.0 Å². The first kappa shape index (κ1) is 17.4.